The molecular weight excluding hydrogens is 404 g/mol. The third-order valence-electron chi connectivity index (χ3n) is 7.48. The number of thioether (sulfide) groups is 1. The zero-order valence-electron chi connectivity index (χ0n) is 19.1. The molecule has 1 aromatic carbocycles. The fourth-order valence-electron chi connectivity index (χ4n) is 6.10. The molecule has 5 heteroatoms. The standard InChI is InChI=1S/C26H34N2O2S/c1-4-15-31-23-24(29)28(18-11-14-30-25(2,3)16-18)21-17-26(12-7-8-13-26)20-10-6-5-9-19(20)22(21)27-23/h5-6,9-10,18H,4,7-8,11-17H2,1-3H3. The third kappa shape index (κ3) is 3.68. The Morgan fingerprint density at radius 1 is 1.23 bits per heavy atom. The predicted octanol–water partition coefficient (Wildman–Crippen LogP) is 5.91. The minimum atomic E-state index is -0.202. The lowest BCUT2D eigenvalue weighted by Gasteiger charge is -2.41. The van der Waals surface area contributed by atoms with Gasteiger partial charge in [-0.15, -0.1) is 11.8 Å². The minimum absolute atomic E-state index is 0.118. The van der Waals surface area contributed by atoms with Crippen LogP contribution >= 0.6 is 11.8 Å². The lowest BCUT2D eigenvalue weighted by molar-refractivity contribution is -0.0701. The Kier molecular flexibility index (Phi) is 5.54. The zero-order valence-corrected chi connectivity index (χ0v) is 19.9. The maximum Gasteiger partial charge on any atom is 0.283 e. The molecule has 1 aromatic heterocycles. The van der Waals surface area contributed by atoms with Crippen LogP contribution in [-0.2, 0) is 16.6 Å². The van der Waals surface area contributed by atoms with Crippen molar-refractivity contribution in [2.24, 2.45) is 0 Å². The molecule has 166 valence electrons. The molecule has 2 heterocycles. The van der Waals surface area contributed by atoms with Gasteiger partial charge in [-0.3, -0.25) is 4.79 Å². The highest BCUT2D eigenvalue weighted by atomic mass is 32.2. The average molecular weight is 439 g/mol. The van der Waals surface area contributed by atoms with Crippen LogP contribution in [0.3, 0.4) is 0 Å². The lowest BCUT2D eigenvalue weighted by Crippen LogP contribution is -2.42. The van der Waals surface area contributed by atoms with Crippen LogP contribution in [0.4, 0.5) is 0 Å². The van der Waals surface area contributed by atoms with Gasteiger partial charge in [0, 0.05) is 29.3 Å². The van der Waals surface area contributed by atoms with Gasteiger partial charge in [0.1, 0.15) is 0 Å². The van der Waals surface area contributed by atoms with Gasteiger partial charge in [-0.1, -0.05) is 44.0 Å². The van der Waals surface area contributed by atoms with Crippen LogP contribution < -0.4 is 5.56 Å². The molecular formula is C26H34N2O2S. The predicted molar refractivity (Wildman–Crippen MR) is 127 cm³/mol. The Hall–Kier alpha value is -1.59. The largest absolute Gasteiger partial charge is 0.375 e. The quantitative estimate of drug-likeness (QED) is 0.557. The van der Waals surface area contributed by atoms with E-state index in [1.54, 1.807) is 11.8 Å². The van der Waals surface area contributed by atoms with Crippen molar-refractivity contribution in [1.82, 2.24) is 9.55 Å². The summed E-state index contributed by atoms with van der Waals surface area (Å²) >= 11 is 1.62. The van der Waals surface area contributed by atoms with Crippen LogP contribution in [0.25, 0.3) is 11.3 Å². The van der Waals surface area contributed by atoms with Gasteiger partial charge < -0.3 is 9.30 Å². The molecule has 1 aliphatic heterocycles. The molecule has 2 aliphatic carbocycles. The second-order valence-corrected chi connectivity index (χ2v) is 11.3. The number of benzene rings is 1. The molecule has 0 N–H and O–H groups in total. The monoisotopic (exact) mass is 438 g/mol. The SMILES string of the molecule is CCCSc1nc2c(n(C3CCOC(C)(C)C3)c1=O)CC1(CCCC1)c1ccccc1-2. The summed E-state index contributed by atoms with van der Waals surface area (Å²) in [5, 5.41) is 0.669. The van der Waals surface area contributed by atoms with Crippen LogP contribution in [0.5, 0.6) is 0 Å². The van der Waals surface area contributed by atoms with Crippen LogP contribution in [0.2, 0.25) is 0 Å². The summed E-state index contributed by atoms with van der Waals surface area (Å²) in [5.74, 6) is 0.923. The van der Waals surface area contributed by atoms with Gasteiger partial charge in [0.2, 0.25) is 0 Å². The van der Waals surface area contributed by atoms with E-state index in [2.05, 4.69) is 49.6 Å². The van der Waals surface area contributed by atoms with Crippen LogP contribution in [-0.4, -0.2) is 27.5 Å². The highest BCUT2D eigenvalue weighted by Crippen LogP contribution is 2.51. The molecule has 2 fully saturated rings. The highest BCUT2D eigenvalue weighted by molar-refractivity contribution is 7.99. The van der Waals surface area contributed by atoms with Gasteiger partial charge in [0.05, 0.1) is 11.3 Å². The Labute approximate surface area is 189 Å². The molecule has 3 aliphatic rings. The van der Waals surface area contributed by atoms with Crippen molar-refractivity contribution >= 4 is 11.8 Å². The van der Waals surface area contributed by atoms with Crippen LogP contribution in [0.15, 0.2) is 34.1 Å². The number of hydrogen-bond acceptors (Lipinski definition) is 4. The van der Waals surface area contributed by atoms with Gasteiger partial charge in [0.15, 0.2) is 5.03 Å². The van der Waals surface area contributed by atoms with Crippen molar-refractivity contribution in [3.05, 3.63) is 45.9 Å². The van der Waals surface area contributed by atoms with E-state index in [1.165, 1.54) is 42.5 Å². The van der Waals surface area contributed by atoms with E-state index in [0.717, 1.165) is 37.1 Å². The van der Waals surface area contributed by atoms with Crippen molar-refractivity contribution in [3.8, 4) is 11.3 Å². The molecule has 0 radical (unpaired) electrons. The molecule has 0 amide bonds. The lowest BCUT2D eigenvalue weighted by atomic mass is 9.69. The second kappa shape index (κ2) is 8.08. The Morgan fingerprint density at radius 3 is 2.74 bits per heavy atom. The van der Waals surface area contributed by atoms with E-state index in [0.29, 0.717) is 11.6 Å². The second-order valence-electron chi connectivity index (χ2n) is 10.2. The first-order valence-corrected chi connectivity index (χ1v) is 12.9. The molecule has 1 saturated heterocycles. The Balaban J connectivity index is 1.73. The van der Waals surface area contributed by atoms with Crippen molar-refractivity contribution in [3.63, 3.8) is 0 Å². The zero-order chi connectivity index (χ0) is 21.6. The van der Waals surface area contributed by atoms with E-state index in [-0.39, 0.29) is 22.6 Å². The normalized spacial score (nSPS) is 23.5. The summed E-state index contributed by atoms with van der Waals surface area (Å²) in [6.45, 7) is 7.17. The van der Waals surface area contributed by atoms with E-state index in [1.807, 2.05) is 0 Å². The maximum atomic E-state index is 13.8. The molecule has 4 nitrogen and oxygen atoms in total. The van der Waals surface area contributed by atoms with Gasteiger partial charge in [-0.2, -0.15) is 0 Å². The van der Waals surface area contributed by atoms with E-state index < -0.39 is 0 Å². The van der Waals surface area contributed by atoms with Gasteiger partial charge >= 0.3 is 0 Å². The number of fused-ring (bicyclic) bond motifs is 4. The highest BCUT2D eigenvalue weighted by Gasteiger charge is 2.44. The maximum absolute atomic E-state index is 13.8. The molecule has 0 bridgehead atoms. The fourth-order valence-corrected chi connectivity index (χ4v) is 6.88. The fraction of sp³-hybridized carbons (Fsp3) is 0.615. The Bertz CT molecular complexity index is 1040. The first kappa shape index (κ1) is 21.3. The van der Waals surface area contributed by atoms with E-state index >= 15 is 0 Å². The van der Waals surface area contributed by atoms with Crippen LogP contribution in [0.1, 0.15) is 83.0 Å². The topological polar surface area (TPSA) is 44.1 Å². The molecule has 1 saturated carbocycles. The number of nitrogens with zero attached hydrogens (tertiary/aromatic N) is 2. The smallest absolute Gasteiger partial charge is 0.283 e. The van der Waals surface area contributed by atoms with E-state index in [9.17, 15) is 4.79 Å². The summed E-state index contributed by atoms with van der Waals surface area (Å²) < 4.78 is 8.18. The number of rotatable bonds is 4. The summed E-state index contributed by atoms with van der Waals surface area (Å²) in [6, 6.07) is 9.03. The van der Waals surface area contributed by atoms with Crippen molar-refractivity contribution in [2.45, 2.75) is 94.2 Å². The van der Waals surface area contributed by atoms with Gasteiger partial charge in [-0.05, 0) is 63.7 Å². The van der Waals surface area contributed by atoms with Crippen molar-refractivity contribution in [2.75, 3.05) is 12.4 Å². The summed E-state index contributed by atoms with van der Waals surface area (Å²) in [6.07, 6.45) is 8.71. The number of ether oxygens (including phenoxy) is 1. The molecule has 1 spiro atoms. The third-order valence-corrected chi connectivity index (χ3v) is 8.63. The molecule has 1 unspecified atom stereocenters. The summed E-state index contributed by atoms with van der Waals surface area (Å²) in [7, 11) is 0. The van der Waals surface area contributed by atoms with E-state index in [4.69, 9.17) is 9.72 Å². The van der Waals surface area contributed by atoms with Gasteiger partial charge in [-0.25, -0.2) is 4.98 Å². The minimum Gasteiger partial charge on any atom is -0.375 e. The van der Waals surface area contributed by atoms with Crippen molar-refractivity contribution < 1.29 is 4.74 Å². The summed E-state index contributed by atoms with van der Waals surface area (Å²) in [4.78, 5) is 18.8. The number of hydrogen-bond donors (Lipinski definition) is 0. The molecule has 1 atom stereocenters. The first-order chi connectivity index (χ1) is 14.9. The van der Waals surface area contributed by atoms with Gasteiger partial charge in [0.25, 0.3) is 5.56 Å². The first-order valence-electron chi connectivity index (χ1n) is 12.0. The van der Waals surface area contributed by atoms with Crippen molar-refractivity contribution in [1.29, 1.82) is 0 Å². The Morgan fingerprint density at radius 2 is 2.00 bits per heavy atom. The molecule has 5 rings (SSSR count). The van der Waals surface area contributed by atoms with Crippen LogP contribution in [0, 0.1) is 0 Å². The summed E-state index contributed by atoms with van der Waals surface area (Å²) in [5.41, 5.74) is 5.02. The molecule has 2 aromatic rings. The average Bonchev–Trinajstić information content (AvgIpc) is 3.21. The number of aromatic nitrogens is 2. The molecule has 31 heavy (non-hydrogen) atoms.